The molecule has 0 aromatic carbocycles. The number of rotatable bonds is 9. The van der Waals surface area contributed by atoms with Crippen molar-refractivity contribution in [2.24, 2.45) is 0 Å². The fourth-order valence-corrected chi connectivity index (χ4v) is 0.531. The van der Waals surface area contributed by atoms with Gasteiger partial charge in [-0.3, -0.25) is 4.84 Å². The third-order valence-electron chi connectivity index (χ3n) is 1.06. The van der Waals surface area contributed by atoms with E-state index < -0.39 is 0 Å². The summed E-state index contributed by atoms with van der Waals surface area (Å²) in [5, 5.41) is 10.7. The summed E-state index contributed by atoms with van der Waals surface area (Å²) in [6.07, 6.45) is 2.37. The highest BCUT2D eigenvalue weighted by Crippen LogP contribution is 1.86. The maximum Gasteiger partial charge on any atom is 0.111 e. The molecule has 0 unspecified atom stereocenters. The molecule has 0 spiro atoms. The first-order valence-corrected chi connectivity index (χ1v) is 3.83. The summed E-state index contributed by atoms with van der Waals surface area (Å²) >= 11 is 0. The molecule has 13 heavy (non-hydrogen) atoms. The molecule has 0 atom stereocenters. The minimum atomic E-state index is 0.198. The van der Waals surface area contributed by atoms with Crippen molar-refractivity contribution in [3.8, 4) is 0 Å². The molecule has 0 aromatic heterocycles. The van der Waals surface area contributed by atoms with Crippen LogP contribution in [0.5, 0.6) is 0 Å². The third kappa shape index (κ3) is 8.87. The summed E-state index contributed by atoms with van der Waals surface area (Å²) in [5.41, 5.74) is 0. The lowest BCUT2D eigenvalue weighted by Crippen LogP contribution is -2.14. The van der Waals surface area contributed by atoms with Gasteiger partial charge in [-0.25, -0.2) is 0 Å². The fraction of sp³-hybridized carbons (Fsp3) is 0.500. The van der Waals surface area contributed by atoms with E-state index in [1.54, 1.807) is 0 Å². The van der Waals surface area contributed by atoms with Crippen LogP contribution in [0.1, 0.15) is 0 Å². The molecule has 5 nitrogen and oxygen atoms in total. The van der Waals surface area contributed by atoms with Crippen LogP contribution in [0.4, 0.5) is 0 Å². The minimum Gasteiger partial charge on any atom is -0.734 e. The van der Waals surface area contributed by atoms with Gasteiger partial charge in [-0.15, -0.1) is 0 Å². The molecule has 5 heteroatoms. The van der Waals surface area contributed by atoms with Gasteiger partial charge in [-0.2, -0.15) is 0 Å². The van der Waals surface area contributed by atoms with Crippen LogP contribution in [0.3, 0.4) is 0 Å². The van der Waals surface area contributed by atoms with E-state index in [1.165, 1.54) is 6.26 Å². The largest absolute Gasteiger partial charge is 0.734 e. The maximum absolute atomic E-state index is 10.4. The Hall–Kier alpha value is -1.04. The first kappa shape index (κ1) is 12.0. The summed E-state index contributed by atoms with van der Waals surface area (Å²) in [5.74, 6) is 0. The lowest BCUT2D eigenvalue weighted by Gasteiger charge is -2.23. The van der Waals surface area contributed by atoms with Crippen LogP contribution in [0.25, 0.3) is 0 Å². The molecule has 0 saturated heterocycles. The van der Waals surface area contributed by atoms with Crippen molar-refractivity contribution in [2.45, 2.75) is 0 Å². The van der Waals surface area contributed by atoms with Gasteiger partial charge in [0.1, 0.15) is 6.61 Å². The highest BCUT2D eigenvalue weighted by Gasteiger charge is 1.88. The zero-order valence-electron chi connectivity index (χ0n) is 7.48. The molecule has 0 N–H and O–H groups in total. The van der Waals surface area contributed by atoms with Crippen LogP contribution >= 0.6 is 0 Å². The molecule has 0 radical (unpaired) electrons. The lowest BCUT2D eigenvalue weighted by molar-refractivity contribution is -0.102. The molecule has 0 bridgehead atoms. The van der Waals surface area contributed by atoms with Crippen LogP contribution in [-0.4, -0.2) is 31.7 Å². The Kier molecular flexibility index (Phi) is 8.33. The molecule has 0 fully saturated rings. The van der Waals surface area contributed by atoms with Crippen LogP contribution in [0.15, 0.2) is 25.6 Å². The van der Waals surface area contributed by atoms with Gasteiger partial charge >= 0.3 is 0 Å². The average Bonchev–Trinajstić information content (AvgIpc) is 2.16. The quantitative estimate of drug-likeness (QED) is 0.307. The molecular formula is C8H14NO4-. The molecule has 0 aliphatic heterocycles. The predicted octanol–water partition coefficient (Wildman–Crippen LogP) is 1.04. The Morgan fingerprint density at radius 3 is 2.46 bits per heavy atom. The van der Waals surface area contributed by atoms with E-state index >= 15 is 0 Å². The Balaban J connectivity index is 2.99. The minimum absolute atomic E-state index is 0.198. The van der Waals surface area contributed by atoms with Crippen molar-refractivity contribution >= 4 is 0 Å². The van der Waals surface area contributed by atoms with E-state index in [0.29, 0.717) is 19.8 Å². The second kappa shape index (κ2) is 9.05. The van der Waals surface area contributed by atoms with Gasteiger partial charge in [-0.05, 0) is 0 Å². The highest BCUT2D eigenvalue weighted by atomic mass is 16.9. The van der Waals surface area contributed by atoms with E-state index in [-0.39, 0.29) is 11.8 Å². The van der Waals surface area contributed by atoms with Crippen molar-refractivity contribution in [1.29, 1.82) is 0 Å². The molecule has 0 aromatic rings. The van der Waals surface area contributed by atoms with Crippen molar-refractivity contribution in [3.05, 3.63) is 30.8 Å². The van der Waals surface area contributed by atoms with Gasteiger partial charge < -0.3 is 19.9 Å². The summed E-state index contributed by atoms with van der Waals surface area (Å²) in [7, 11) is 0. The van der Waals surface area contributed by atoms with E-state index in [2.05, 4.69) is 18.0 Å². The summed E-state index contributed by atoms with van der Waals surface area (Å²) in [6, 6.07) is 0. The molecule has 0 rings (SSSR count). The van der Waals surface area contributed by atoms with Gasteiger partial charge in [0, 0.05) is 6.20 Å². The monoisotopic (exact) mass is 188 g/mol. The van der Waals surface area contributed by atoms with Crippen molar-refractivity contribution in [2.75, 3.05) is 26.4 Å². The van der Waals surface area contributed by atoms with E-state index in [4.69, 9.17) is 9.47 Å². The number of nitrogens with zero attached hydrogens (tertiary/aromatic N) is 1. The molecule has 0 aliphatic carbocycles. The summed E-state index contributed by atoms with van der Waals surface area (Å²) in [6.45, 7) is 8.02. The second-order valence-electron chi connectivity index (χ2n) is 1.95. The fourth-order valence-electron chi connectivity index (χ4n) is 0.531. The molecule has 0 aliphatic rings. The van der Waals surface area contributed by atoms with Gasteiger partial charge in [0.25, 0.3) is 0 Å². The molecule has 0 saturated carbocycles. The summed E-state index contributed by atoms with van der Waals surface area (Å²) in [4.78, 5) is 4.57. The smallest absolute Gasteiger partial charge is 0.111 e. The highest BCUT2D eigenvalue weighted by molar-refractivity contribution is 4.61. The second-order valence-corrected chi connectivity index (χ2v) is 1.95. The van der Waals surface area contributed by atoms with Crippen molar-refractivity contribution < 1.29 is 14.3 Å². The number of hydrogen-bond acceptors (Lipinski definition) is 5. The zero-order chi connectivity index (χ0) is 9.94. The third-order valence-corrected chi connectivity index (χ3v) is 1.06. The molecule has 0 heterocycles. The number of ether oxygens (including phenoxy) is 2. The Bertz CT molecular complexity index is 140. The zero-order valence-corrected chi connectivity index (χ0v) is 7.48. The van der Waals surface area contributed by atoms with Gasteiger partial charge in [0.2, 0.25) is 0 Å². The molecular weight excluding hydrogens is 174 g/mol. The summed E-state index contributed by atoms with van der Waals surface area (Å²) < 4.78 is 9.83. The standard InChI is InChI=1S/C8H14NO4/c1-3-9(10)13-8-7-12-6-5-11-4-2/h3-4H,1-2,5-8H2/q-1. The average molecular weight is 188 g/mol. The van der Waals surface area contributed by atoms with Gasteiger partial charge in [0.05, 0.1) is 26.1 Å². The van der Waals surface area contributed by atoms with Crippen molar-refractivity contribution in [1.82, 2.24) is 5.23 Å². The number of hydrogen-bond donors (Lipinski definition) is 0. The van der Waals surface area contributed by atoms with Crippen LogP contribution < -0.4 is 0 Å². The van der Waals surface area contributed by atoms with Crippen LogP contribution in [0, 0.1) is 5.21 Å². The molecule has 76 valence electrons. The molecule has 0 amide bonds. The van der Waals surface area contributed by atoms with E-state index in [0.717, 1.165) is 6.20 Å². The number of hydroxylamine groups is 2. The Labute approximate surface area is 77.7 Å². The van der Waals surface area contributed by atoms with E-state index in [9.17, 15) is 5.21 Å². The van der Waals surface area contributed by atoms with Gasteiger partial charge in [0.15, 0.2) is 0 Å². The predicted molar refractivity (Wildman–Crippen MR) is 48.3 cm³/mol. The normalized spacial score (nSPS) is 9.31. The first-order chi connectivity index (χ1) is 6.31. The Morgan fingerprint density at radius 1 is 1.15 bits per heavy atom. The van der Waals surface area contributed by atoms with Gasteiger partial charge in [-0.1, -0.05) is 13.2 Å². The first-order valence-electron chi connectivity index (χ1n) is 3.83. The lowest BCUT2D eigenvalue weighted by atomic mass is 10.7. The van der Waals surface area contributed by atoms with Crippen LogP contribution in [-0.2, 0) is 14.3 Å². The topological polar surface area (TPSA) is 54.0 Å². The van der Waals surface area contributed by atoms with E-state index in [1.807, 2.05) is 0 Å². The Morgan fingerprint density at radius 2 is 1.85 bits per heavy atom. The van der Waals surface area contributed by atoms with Crippen molar-refractivity contribution in [3.63, 3.8) is 0 Å². The maximum atomic E-state index is 10.4. The SMILES string of the molecule is C=COCCOCCON([O-])C=C. The van der Waals surface area contributed by atoms with Crippen LogP contribution in [0.2, 0.25) is 0 Å².